The Morgan fingerprint density at radius 3 is 2.22 bits per heavy atom. The quantitative estimate of drug-likeness (QED) is 0.672. The molecule has 9 heteroatoms. The fourth-order valence-electron chi connectivity index (χ4n) is 1.93. The molecule has 0 aliphatic heterocycles. The number of benzene rings is 1. The number of likely N-dealkylation sites (N-methyl/N-ethyl adjacent to an activating group) is 1. The van der Waals surface area contributed by atoms with E-state index in [1.807, 2.05) is 32.0 Å². The molecule has 0 aromatic heterocycles. The van der Waals surface area contributed by atoms with E-state index in [2.05, 4.69) is 4.72 Å². The largest absolute Gasteiger partial charge is 0.308 e. The fraction of sp³-hybridized carbons (Fsp3) is 0.571. The van der Waals surface area contributed by atoms with Crippen LogP contribution in [0.2, 0.25) is 0 Å². The number of rotatable bonds is 9. The van der Waals surface area contributed by atoms with Crippen molar-refractivity contribution in [2.75, 3.05) is 46.5 Å². The molecular weight excluding hydrogens is 338 g/mol. The third-order valence-electron chi connectivity index (χ3n) is 3.22. The molecule has 1 N–H and O–H groups in total. The van der Waals surface area contributed by atoms with E-state index in [4.69, 9.17) is 0 Å². The number of sulfonamides is 2. The SMILES string of the molecule is Cc1cccc(S(=O)(=O)NCCN(CCN(C)C)S(C)(=O)=O)c1. The van der Waals surface area contributed by atoms with Gasteiger partial charge in [0.05, 0.1) is 11.2 Å². The lowest BCUT2D eigenvalue weighted by Gasteiger charge is -2.22. The molecular formula is C14H25N3O4S2. The Kier molecular flexibility index (Phi) is 7.15. The van der Waals surface area contributed by atoms with Gasteiger partial charge in [-0.2, -0.15) is 4.31 Å². The number of nitrogens with zero attached hydrogens (tertiary/aromatic N) is 2. The second-order valence-electron chi connectivity index (χ2n) is 5.68. The summed E-state index contributed by atoms with van der Waals surface area (Å²) in [4.78, 5) is 2.05. The Morgan fingerprint density at radius 1 is 1.04 bits per heavy atom. The van der Waals surface area contributed by atoms with Gasteiger partial charge in [-0.1, -0.05) is 12.1 Å². The third kappa shape index (κ3) is 6.96. The highest BCUT2D eigenvalue weighted by Crippen LogP contribution is 2.10. The number of hydrogen-bond donors (Lipinski definition) is 1. The monoisotopic (exact) mass is 363 g/mol. The van der Waals surface area contributed by atoms with Gasteiger partial charge in [0.2, 0.25) is 20.0 Å². The average Bonchev–Trinajstić information content (AvgIpc) is 2.40. The van der Waals surface area contributed by atoms with Gasteiger partial charge in [0, 0.05) is 26.2 Å². The molecule has 0 atom stereocenters. The zero-order chi connectivity index (χ0) is 17.7. The average molecular weight is 364 g/mol. The second-order valence-corrected chi connectivity index (χ2v) is 9.43. The van der Waals surface area contributed by atoms with Crippen LogP contribution in [0.3, 0.4) is 0 Å². The summed E-state index contributed by atoms with van der Waals surface area (Å²) >= 11 is 0. The van der Waals surface area contributed by atoms with Crippen LogP contribution < -0.4 is 4.72 Å². The van der Waals surface area contributed by atoms with Gasteiger partial charge in [-0.05, 0) is 38.7 Å². The molecule has 0 aliphatic rings. The number of aryl methyl sites for hydroxylation is 1. The van der Waals surface area contributed by atoms with Crippen molar-refractivity contribution in [2.45, 2.75) is 11.8 Å². The van der Waals surface area contributed by atoms with Crippen LogP contribution >= 0.6 is 0 Å². The molecule has 0 saturated carbocycles. The van der Waals surface area contributed by atoms with E-state index in [9.17, 15) is 16.8 Å². The summed E-state index contributed by atoms with van der Waals surface area (Å²) < 4.78 is 51.6. The number of hydrogen-bond acceptors (Lipinski definition) is 5. The molecule has 1 rings (SSSR count). The molecule has 0 spiro atoms. The molecule has 0 amide bonds. The van der Waals surface area contributed by atoms with Crippen LogP contribution in [0.1, 0.15) is 5.56 Å². The van der Waals surface area contributed by atoms with Crippen LogP contribution in [0.25, 0.3) is 0 Å². The minimum absolute atomic E-state index is 0.0246. The predicted octanol–water partition coefficient (Wildman–Crippen LogP) is 0.0965. The summed E-state index contributed by atoms with van der Waals surface area (Å²) in [5.41, 5.74) is 0.844. The molecule has 0 saturated heterocycles. The predicted molar refractivity (Wildman–Crippen MR) is 91.3 cm³/mol. The summed E-state index contributed by atoms with van der Waals surface area (Å²) in [5.74, 6) is 0. The highest BCUT2D eigenvalue weighted by molar-refractivity contribution is 7.89. The van der Waals surface area contributed by atoms with Crippen molar-refractivity contribution in [1.82, 2.24) is 13.9 Å². The van der Waals surface area contributed by atoms with Crippen molar-refractivity contribution in [3.63, 3.8) is 0 Å². The first-order chi connectivity index (χ1) is 10.5. The Balaban J connectivity index is 2.68. The van der Waals surface area contributed by atoms with Crippen molar-refractivity contribution in [3.05, 3.63) is 29.8 Å². The fourth-order valence-corrected chi connectivity index (χ4v) is 3.89. The first kappa shape index (κ1) is 20.0. The van der Waals surface area contributed by atoms with Crippen LogP contribution in [0.15, 0.2) is 29.2 Å². The van der Waals surface area contributed by atoms with Crippen molar-refractivity contribution in [3.8, 4) is 0 Å². The standard InChI is InChI=1S/C14H25N3O4S2/c1-13-6-5-7-14(12-13)23(20,21)15-8-9-17(22(4,18)19)11-10-16(2)3/h5-7,12,15H,8-11H2,1-4H3. The summed E-state index contributed by atoms with van der Waals surface area (Å²) in [6.45, 7) is 2.82. The van der Waals surface area contributed by atoms with Gasteiger partial charge in [0.15, 0.2) is 0 Å². The highest BCUT2D eigenvalue weighted by Gasteiger charge is 2.18. The molecule has 0 aliphatic carbocycles. The molecule has 7 nitrogen and oxygen atoms in total. The topological polar surface area (TPSA) is 86.8 Å². The van der Waals surface area contributed by atoms with Crippen LogP contribution in [0.4, 0.5) is 0 Å². The summed E-state index contributed by atoms with van der Waals surface area (Å²) in [6.07, 6.45) is 1.12. The zero-order valence-corrected chi connectivity index (χ0v) is 15.6. The molecule has 0 unspecified atom stereocenters. The van der Waals surface area contributed by atoms with E-state index in [0.717, 1.165) is 11.8 Å². The molecule has 0 fully saturated rings. The molecule has 0 bridgehead atoms. The van der Waals surface area contributed by atoms with Gasteiger partial charge in [-0.3, -0.25) is 0 Å². The highest BCUT2D eigenvalue weighted by atomic mass is 32.2. The molecule has 0 radical (unpaired) electrons. The minimum Gasteiger partial charge on any atom is -0.308 e. The van der Waals surface area contributed by atoms with Gasteiger partial charge < -0.3 is 4.90 Å². The third-order valence-corrected chi connectivity index (χ3v) is 5.98. The molecule has 0 heterocycles. The van der Waals surface area contributed by atoms with Crippen molar-refractivity contribution in [2.24, 2.45) is 0 Å². The molecule has 132 valence electrons. The van der Waals surface area contributed by atoms with Crippen LogP contribution in [-0.4, -0.2) is 72.6 Å². The van der Waals surface area contributed by atoms with Crippen molar-refractivity contribution < 1.29 is 16.8 Å². The maximum Gasteiger partial charge on any atom is 0.240 e. The maximum atomic E-state index is 12.2. The lowest BCUT2D eigenvalue weighted by molar-refractivity contribution is 0.336. The van der Waals surface area contributed by atoms with Crippen LogP contribution in [0.5, 0.6) is 0 Å². The first-order valence-electron chi connectivity index (χ1n) is 7.18. The van der Waals surface area contributed by atoms with Crippen LogP contribution in [-0.2, 0) is 20.0 Å². The Hall–Kier alpha value is -1.00. The van der Waals surface area contributed by atoms with E-state index in [1.165, 1.54) is 10.4 Å². The lowest BCUT2D eigenvalue weighted by atomic mass is 10.2. The minimum atomic E-state index is -3.64. The van der Waals surface area contributed by atoms with Gasteiger partial charge in [-0.15, -0.1) is 0 Å². The van der Waals surface area contributed by atoms with Gasteiger partial charge in [0.25, 0.3) is 0 Å². The van der Waals surface area contributed by atoms with Crippen molar-refractivity contribution >= 4 is 20.0 Å². The van der Waals surface area contributed by atoms with Gasteiger partial charge in [-0.25, -0.2) is 21.6 Å². The first-order valence-corrected chi connectivity index (χ1v) is 10.5. The van der Waals surface area contributed by atoms with E-state index in [-0.39, 0.29) is 18.0 Å². The van der Waals surface area contributed by atoms with E-state index in [1.54, 1.807) is 12.1 Å². The van der Waals surface area contributed by atoms with Gasteiger partial charge in [0.1, 0.15) is 0 Å². The smallest absolute Gasteiger partial charge is 0.240 e. The summed E-state index contributed by atoms with van der Waals surface area (Å²) in [5, 5.41) is 0. The zero-order valence-electron chi connectivity index (χ0n) is 14.0. The summed E-state index contributed by atoms with van der Waals surface area (Å²) in [7, 11) is -3.32. The Bertz CT molecular complexity index is 715. The Labute approximate surface area is 139 Å². The Morgan fingerprint density at radius 2 is 1.70 bits per heavy atom. The summed E-state index contributed by atoms with van der Waals surface area (Å²) in [6, 6.07) is 6.56. The molecule has 1 aromatic rings. The van der Waals surface area contributed by atoms with Crippen molar-refractivity contribution in [1.29, 1.82) is 0 Å². The van der Waals surface area contributed by atoms with E-state index in [0.29, 0.717) is 13.1 Å². The molecule has 1 aromatic carbocycles. The second kappa shape index (κ2) is 8.20. The normalized spacial score (nSPS) is 13.0. The van der Waals surface area contributed by atoms with E-state index < -0.39 is 20.0 Å². The van der Waals surface area contributed by atoms with Gasteiger partial charge >= 0.3 is 0 Å². The number of nitrogens with one attached hydrogen (secondary N) is 1. The van der Waals surface area contributed by atoms with E-state index >= 15 is 0 Å². The van der Waals surface area contributed by atoms with Crippen LogP contribution in [0, 0.1) is 6.92 Å². The maximum absolute atomic E-state index is 12.2. The lowest BCUT2D eigenvalue weighted by Crippen LogP contribution is -2.41. The molecule has 23 heavy (non-hydrogen) atoms.